The fourth-order valence-corrected chi connectivity index (χ4v) is 11.1. The van der Waals surface area contributed by atoms with Crippen molar-refractivity contribution >= 4 is 39.3 Å². The minimum atomic E-state index is -2.67. The molecule has 1 aliphatic heterocycles. The molecule has 0 N–H and O–H groups in total. The van der Waals surface area contributed by atoms with Crippen LogP contribution in [0.15, 0.2) is 200 Å². The third-order valence-corrected chi connectivity index (χ3v) is 14.3. The van der Waals surface area contributed by atoms with Crippen LogP contribution in [0.1, 0.15) is 0 Å². The van der Waals surface area contributed by atoms with Crippen molar-refractivity contribution in [1.29, 1.82) is 0 Å². The lowest BCUT2D eigenvalue weighted by Crippen LogP contribution is -2.07. The molecule has 0 fully saturated rings. The van der Waals surface area contributed by atoms with Crippen LogP contribution in [0.4, 0.5) is 0 Å². The van der Waals surface area contributed by atoms with E-state index in [1.54, 1.807) is 0 Å². The molecule has 1 unspecified atom stereocenters. The maximum Gasteiger partial charge on any atom is 0.164 e. The molecule has 0 spiro atoms. The molecule has 10 aromatic rings. The molecule has 59 heavy (non-hydrogen) atoms. The zero-order chi connectivity index (χ0) is 39.5. The van der Waals surface area contributed by atoms with Gasteiger partial charge < -0.3 is 4.57 Å². The summed E-state index contributed by atoms with van der Waals surface area (Å²) in [5.41, 5.74) is 11.8. The lowest BCUT2D eigenvalue weighted by molar-refractivity contribution is 0.591. The number of benzene rings is 9. The lowest BCUT2D eigenvalue weighted by Gasteiger charge is -2.18. The van der Waals surface area contributed by atoms with Crippen LogP contribution in [-0.4, -0.2) is 21.6 Å². The summed E-state index contributed by atoms with van der Waals surface area (Å²) < 4.78 is 14.1. The molecule has 0 bridgehead atoms. The molecular formula is C54H36N3OP. The highest BCUT2D eigenvalue weighted by atomic mass is 31.2. The van der Waals surface area contributed by atoms with Crippen LogP contribution in [0.25, 0.3) is 100 Å². The molecule has 2 heterocycles. The third kappa shape index (κ3) is 5.92. The van der Waals surface area contributed by atoms with Gasteiger partial charge in [0.25, 0.3) is 0 Å². The van der Waals surface area contributed by atoms with E-state index in [0.29, 0.717) is 17.5 Å². The molecule has 1 aromatic heterocycles. The topological polar surface area (TPSA) is 55.7 Å². The summed E-state index contributed by atoms with van der Waals surface area (Å²) >= 11 is 0. The van der Waals surface area contributed by atoms with Crippen molar-refractivity contribution < 1.29 is 4.57 Å². The van der Waals surface area contributed by atoms with E-state index >= 15 is 0 Å². The molecule has 11 rings (SSSR count). The number of aromatic nitrogens is 3. The first-order valence-corrected chi connectivity index (χ1v) is 22.0. The highest BCUT2D eigenvalue weighted by Crippen LogP contribution is 2.51. The van der Waals surface area contributed by atoms with Gasteiger partial charge in [0.05, 0.1) is 0 Å². The number of fused-ring (bicyclic) bond motifs is 5. The van der Waals surface area contributed by atoms with Gasteiger partial charge in [-0.3, -0.25) is 0 Å². The Bertz CT molecular complexity index is 3230. The normalized spacial score (nSPS) is 14.3. The Balaban J connectivity index is 1.03. The van der Waals surface area contributed by atoms with Crippen molar-refractivity contribution in [3.63, 3.8) is 0 Å². The molecule has 1 aliphatic rings. The molecule has 9 aromatic carbocycles. The second-order valence-electron chi connectivity index (χ2n) is 15.2. The average molecular weight is 774 g/mol. The standard InChI is InChI=1S/C54H36N3OP/c1-59(58)48-23-13-12-18-42(48)47-34-41(32-33-49(47)59)51-45-21-10-8-19-43(45)50(44-20-9-11-22-46(44)51)37-26-30-40(31-27-37)54-56-52(38-16-6-3-7-17-38)55-53(57-54)39-28-24-36(25-29-39)35-14-4-2-5-15-35/h2-34H,1H3. The van der Waals surface area contributed by atoms with Crippen molar-refractivity contribution in [3.05, 3.63) is 200 Å². The van der Waals surface area contributed by atoms with E-state index in [1.165, 1.54) is 38.2 Å². The summed E-state index contributed by atoms with van der Waals surface area (Å²) in [6.07, 6.45) is 0. The fourth-order valence-electron chi connectivity index (χ4n) is 8.81. The van der Waals surface area contributed by atoms with Crippen LogP contribution in [-0.2, 0) is 4.57 Å². The zero-order valence-corrected chi connectivity index (χ0v) is 33.1. The van der Waals surface area contributed by atoms with E-state index in [1.807, 2.05) is 61.3 Å². The molecule has 0 radical (unpaired) electrons. The largest absolute Gasteiger partial charge is 0.314 e. The summed E-state index contributed by atoms with van der Waals surface area (Å²) in [6, 6.07) is 69.6. The summed E-state index contributed by atoms with van der Waals surface area (Å²) in [5, 5.41) is 6.57. The quantitative estimate of drug-likeness (QED) is 0.125. The first-order chi connectivity index (χ1) is 29.0. The summed E-state index contributed by atoms with van der Waals surface area (Å²) in [7, 11) is -2.67. The molecular weight excluding hydrogens is 738 g/mol. The second-order valence-corrected chi connectivity index (χ2v) is 18.0. The van der Waals surface area contributed by atoms with Crippen LogP contribution in [0.3, 0.4) is 0 Å². The number of hydrogen-bond acceptors (Lipinski definition) is 4. The highest BCUT2D eigenvalue weighted by Gasteiger charge is 2.34. The van der Waals surface area contributed by atoms with Crippen molar-refractivity contribution in [2.24, 2.45) is 0 Å². The van der Waals surface area contributed by atoms with Gasteiger partial charge in [-0.25, -0.2) is 15.0 Å². The van der Waals surface area contributed by atoms with Crippen LogP contribution in [0.5, 0.6) is 0 Å². The lowest BCUT2D eigenvalue weighted by atomic mass is 9.85. The summed E-state index contributed by atoms with van der Waals surface area (Å²) in [6.45, 7) is 1.90. The van der Waals surface area contributed by atoms with Gasteiger partial charge >= 0.3 is 0 Å². The maximum atomic E-state index is 14.1. The smallest absolute Gasteiger partial charge is 0.164 e. The van der Waals surface area contributed by atoms with Gasteiger partial charge in [0, 0.05) is 27.3 Å². The minimum Gasteiger partial charge on any atom is -0.314 e. The highest BCUT2D eigenvalue weighted by molar-refractivity contribution is 7.79. The van der Waals surface area contributed by atoms with Crippen molar-refractivity contribution in [2.45, 2.75) is 0 Å². The van der Waals surface area contributed by atoms with Crippen molar-refractivity contribution in [2.75, 3.05) is 6.66 Å². The van der Waals surface area contributed by atoms with Gasteiger partial charge in [-0.15, -0.1) is 0 Å². The van der Waals surface area contributed by atoms with Crippen LogP contribution in [0.2, 0.25) is 0 Å². The average Bonchev–Trinajstić information content (AvgIpc) is 3.53. The van der Waals surface area contributed by atoms with E-state index in [9.17, 15) is 4.57 Å². The van der Waals surface area contributed by atoms with Crippen LogP contribution in [0, 0.1) is 0 Å². The molecule has 5 heteroatoms. The Labute approximate surface area is 343 Å². The van der Waals surface area contributed by atoms with Gasteiger partial charge in [-0.2, -0.15) is 0 Å². The number of nitrogens with zero attached hydrogens (tertiary/aromatic N) is 3. The van der Waals surface area contributed by atoms with Crippen LogP contribution >= 0.6 is 7.14 Å². The Morgan fingerprint density at radius 2 is 0.678 bits per heavy atom. The van der Waals surface area contributed by atoms with Gasteiger partial charge in [0.1, 0.15) is 7.14 Å². The third-order valence-electron chi connectivity index (χ3n) is 11.7. The van der Waals surface area contributed by atoms with E-state index in [0.717, 1.165) is 55.1 Å². The van der Waals surface area contributed by atoms with Crippen LogP contribution < -0.4 is 10.6 Å². The monoisotopic (exact) mass is 773 g/mol. The number of hydrogen-bond donors (Lipinski definition) is 0. The molecule has 0 amide bonds. The van der Waals surface area contributed by atoms with Gasteiger partial charge in [0.2, 0.25) is 0 Å². The predicted molar refractivity (Wildman–Crippen MR) is 246 cm³/mol. The van der Waals surface area contributed by atoms with Crippen molar-refractivity contribution in [1.82, 2.24) is 15.0 Å². The summed E-state index contributed by atoms with van der Waals surface area (Å²) in [5.74, 6) is 1.88. The van der Waals surface area contributed by atoms with Gasteiger partial charge in [-0.05, 0) is 84.9 Å². The predicted octanol–water partition coefficient (Wildman–Crippen LogP) is 13.1. The van der Waals surface area contributed by atoms with Crippen molar-refractivity contribution in [3.8, 4) is 78.7 Å². The summed E-state index contributed by atoms with van der Waals surface area (Å²) in [4.78, 5) is 15.0. The fraction of sp³-hybridized carbons (Fsp3) is 0.0185. The van der Waals surface area contributed by atoms with Gasteiger partial charge in [0.15, 0.2) is 17.5 Å². The molecule has 1 atom stereocenters. The molecule has 4 nitrogen and oxygen atoms in total. The molecule has 0 aliphatic carbocycles. The molecule has 278 valence electrons. The molecule has 0 saturated carbocycles. The Morgan fingerprint density at radius 1 is 0.322 bits per heavy atom. The van der Waals surface area contributed by atoms with E-state index in [-0.39, 0.29) is 0 Å². The number of rotatable bonds is 6. The van der Waals surface area contributed by atoms with E-state index in [4.69, 9.17) is 15.0 Å². The zero-order valence-electron chi connectivity index (χ0n) is 32.2. The Morgan fingerprint density at radius 3 is 1.22 bits per heavy atom. The minimum absolute atomic E-state index is 0.618. The first-order valence-electron chi connectivity index (χ1n) is 19.9. The Hall–Kier alpha value is -7.26. The first kappa shape index (κ1) is 34.9. The van der Waals surface area contributed by atoms with E-state index in [2.05, 4.69) is 146 Å². The molecule has 0 saturated heterocycles. The van der Waals surface area contributed by atoms with E-state index < -0.39 is 7.14 Å². The SMILES string of the molecule is CP1(=O)c2ccccc2-c2cc(-c3c4ccccc4c(-c4ccc(-c5nc(-c6ccccc6)nc(-c6ccc(-c7ccccc7)cc6)n5)cc4)c4ccccc34)ccc21. The maximum absolute atomic E-state index is 14.1. The van der Waals surface area contributed by atoms with Gasteiger partial charge in [-0.1, -0.05) is 188 Å². The Kier molecular flexibility index (Phi) is 8.28. The second kappa shape index (κ2) is 14.0.